The van der Waals surface area contributed by atoms with E-state index in [1.807, 2.05) is 0 Å². The second-order valence-electron chi connectivity index (χ2n) is 9.47. The lowest BCUT2D eigenvalue weighted by Gasteiger charge is -2.22. The number of halogens is 4. The number of aryl methyl sites for hydroxylation is 2. The lowest BCUT2D eigenvalue weighted by Crippen LogP contribution is -2.27. The van der Waals surface area contributed by atoms with E-state index in [0.717, 1.165) is 4.57 Å². The highest BCUT2D eigenvalue weighted by atomic mass is 35.5. The van der Waals surface area contributed by atoms with Crippen LogP contribution in [0.15, 0.2) is 41.6 Å². The first kappa shape index (κ1) is 24.2. The SMILES string of the molecule is [2H]C([2H])(Oc1cc2n(c(=O)c1Cl)-c1c(cnc(-c3ccnc(C(C)(C)O)n3)c1F)CCCC2)c1ncc(F)cc1F. The molecule has 12 heteroatoms. The quantitative estimate of drug-likeness (QED) is 0.373. The highest BCUT2D eigenvalue weighted by molar-refractivity contribution is 6.31. The predicted molar refractivity (Wildman–Crippen MR) is 136 cm³/mol. The molecule has 0 radical (unpaired) electrons. The lowest BCUT2D eigenvalue weighted by molar-refractivity contribution is 0.0688. The van der Waals surface area contributed by atoms with E-state index >= 15 is 4.39 Å². The number of pyridine rings is 3. The maximum absolute atomic E-state index is 16.3. The van der Waals surface area contributed by atoms with Crippen molar-refractivity contribution in [2.24, 2.45) is 0 Å². The molecular formula is C27H23ClF3N5O3. The number of aromatic nitrogens is 5. The number of nitrogens with zero attached hydrogens (tertiary/aromatic N) is 5. The van der Waals surface area contributed by atoms with Crippen molar-refractivity contribution in [2.75, 3.05) is 0 Å². The van der Waals surface area contributed by atoms with E-state index in [0.29, 0.717) is 37.1 Å². The van der Waals surface area contributed by atoms with Gasteiger partial charge in [0.15, 0.2) is 17.5 Å². The second-order valence-corrected chi connectivity index (χ2v) is 9.85. The number of rotatable bonds is 5. The molecule has 0 atom stereocenters. The van der Waals surface area contributed by atoms with Gasteiger partial charge in [0.05, 0.1) is 20.3 Å². The highest BCUT2D eigenvalue weighted by Gasteiger charge is 2.27. The predicted octanol–water partition coefficient (Wildman–Crippen LogP) is 4.84. The molecule has 0 spiro atoms. The van der Waals surface area contributed by atoms with E-state index in [1.165, 1.54) is 38.4 Å². The molecule has 5 heterocycles. The summed E-state index contributed by atoms with van der Waals surface area (Å²) in [4.78, 5) is 29.6. The number of hydrogen-bond acceptors (Lipinski definition) is 7. The first-order valence-corrected chi connectivity index (χ1v) is 12.3. The summed E-state index contributed by atoms with van der Waals surface area (Å²) in [5.74, 6) is -3.52. The van der Waals surface area contributed by atoms with Crippen molar-refractivity contribution in [3.8, 4) is 22.8 Å². The van der Waals surface area contributed by atoms with Crippen LogP contribution in [0.2, 0.25) is 5.02 Å². The fraction of sp³-hybridized carbons (Fsp3) is 0.296. The van der Waals surface area contributed by atoms with E-state index in [9.17, 15) is 18.7 Å². The van der Waals surface area contributed by atoms with Crippen molar-refractivity contribution >= 4 is 11.6 Å². The molecule has 0 unspecified atom stereocenters. The molecule has 8 nitrogen and oxygen atoms in total. The average molecular weight is 560 g/mol. The van der Waals surface area contributed by atoms with Gasteiger partial charge in [0.1, 0.15) is 40.1 Å². The molecule has 0 bridgehead atoms. The summed E-state index contributed by atoms with van der Waals surface area (Å²) in [7, 11) is 0. The third kappa shape index (κ3) is 5.24. The van der Waals surface area contributed by atoms with E-state index in [4.69, 9.17) is 19.1 Å². The topological polar surface area (TPSA) is 103 Å². The Morgan fingerprint density at radius 2 is 1.92 bits per heavy atom. The fourth-order valence-electron chi connectivity index (χ4n) is 4.23. The Hall–Kier alpha value is -3.83. The standard InChI is InChI=1S/C27H23ClF3N5O3/c1-27(2,38)26-32-8-7-18(35-26)23-22(31)24-14(11-34-23)5-3-4-6-16-10-20(21(28)25(37)36(16)24)39-13-19-17(30)9-15(29)12-33-19/h7-12,38H,3-6,13H2,1-2H3/i13D2. The van der Waals surface area contributed by atoms with Gasteiger partial charge in [-0.3, -0.25) is 19.3 Å². The minimum atomic E-state index is -2.93. The molecule has 0 fully saturated rings. The molecular weight excluding hydrogens is 535 g/mol. The van der Waals surface area contributed by atoms with Crippen LogP contribution in [-0.4, -0.2) is 29.6 Å². The molecule has 1 aliphatic rings. The van der Waals surface area contributed by atoms with Crippen molar-refractivity contribution in [1.29, 1.82) is 0 Å². The maximum Gasteiger partial charge on any atom is 0.278 e. The normalized spacial score (nSPS) is 14.4. The molecule has 0 amide bonds. The third-order valence-electron chi connectivity index (χ3n) is 6.13. The van der Waals surface area contributed by atoms with E-state index in [1.54, 1.807) is 0 Å². The van der Waals surface area contributed by atoms with Crippen LogP contribution in [0.5, 0.6) is 5.75 Å². The van der Waals surface area contributed by atoms with Crippen LogP contribution in [-0.2, 0) is 25.0 Å². The molecule has 1 aliphatic heterocycles. The lowest BCUT2D eigenvalue weighted by atomic mass is 10.0. The smallest absolute Gasteiger partial charge is 0.278 e. The van der Waals surface area contributed by atoms with Crippen molar-refractivity contribution in [3.63, 3.8) is 0 Å². The van der Waals surface area contributed by atoms with Crippen LogP contribution >= 0.6 is 11.6 Å². The number of aliphatic hydroxyl groups is 1. The van der Waals surface area contributed by atoms with Gasteiger partial charge in [-0.2, -0.15) is 0 Å². The molecule has 202 valence electrons. The summed E-state index contributed by atoms with van der Waals surface area (Å²) < 4.78 is 66.7. The second kappa shape index (κ2) is 10.4. The van der Waals surface area contributed by atoms with Gasteiger partial charge < -0.3 is 9.84 Å². The summed E-state index contributed by atoms with van der Waals surface area (Å²) in [6.45, 7) is 0.0352. The zero-order valence-electron chi connectivity index (χ0n) is 22.8. The minimum Gasteiger partial charge on any atom is -0.485 e. The van der Waals surface area contributed by atoms with Crippen LogP contribution in [0.1, 0.15) is 52.2 Å². The van der Waals surface area contributed by atoms with Gasteiger partial charge >= 0.3 is 0 Å². The van der Waals surface area contributed by atoms with Crippen LogP contribution in [0.25, 0.3) is 17.1 Å². The van der Waals surface area contributed by atoms with Gasteiger partial charge in [0, 0.05) is 30.2 Å². The van der Waals surface area contributed by atoms with Gasteiger partial charge in [-0.15, -0.1) is 0 Å². The zero-order valence-corrected chi connectivity index (χ0v) is 21.6. The average Bonchev–Trinajstić information content (AvgIpc) is 2.88. The Labute approximate surface area is 229 Å². The largest absolute Gasteiger partial charge is 0.485 e. The summed E-state index contributed by atoms with van der Waals surface area (Å²) in [6.07, 6.45) is 5.35. The molecule has 39 heavy (non-hydrogen) atoms. The first-order chi connectivity index (χ1) is 19.3. The van der Waals surface area contributed by atoms with E-state index < -0.39 is 51.6 Å². The van der Waals surface area contributed by atoms with Gasteiger partial charge in [-0.25, -0.2) is 23.1 Å². The summed E-state index contributed by atoms with van der Waals surface area (Å²) >= 11 is 6.34. The van der Waals surface area contributed by atoms with E-state index in [-0.39, 0.29) is 35.0 Å². The number of hydrogen-bond donors (Lipinski definition) is 1. The Bertz CT molecular complexity index is 1730. The molecule has 0 saturated carbocycles. The summed E-state index contributed by atoms with van der Waals surface area (Å²) in [5.41, 5.74) is -2.64. The molecule has 4 aromatic rings. The first-order valence-electron chi connectivity index (χ1n) is 13.0. The fourth-order valence-corrected chi connectivity index (χ4v) is 4.41. The van der Waals surface area contributed by atoms with Crippen LogP contribution in [0, 0.1) is 17.5 Å². The van der Waals surface area contributed by atoms with Crippen molar-refractivity contribution in [3.05, 3.63) is 92.4 Å². The van der Waals surface area contributed by atoms with Crippen molar-refractivity contribution < 1.29 is 25.8 Å². The van der Waals surface area contributed by atoms with Crippen LogP contribution in [0.3, 0.4) is 0 Å². The molecule has 0 saturated heterocycles. The molecule has 5 rings (SSSR count). The van der Waals surface area contributed by atoms with Gasteiger partial charge in [0.25, 0.3) is 5.56 Å². The zero-order chi connectivity index (χ0) is 29.7. The van der Waals surface area contributed by atoms with Crippen molar-refractivity contribution in [1.82, 2.24) is 24.5 Å². The summed E-state index contributed by atoms with van der Waals surface area (Å²) in [5, 5.41) is 9.73. The highest BCUT2D eigenvalue weighted by Crippen LogP contribution is 2.33. The van der Waals surface area contributed by atoms with Gasteiger partial charge in [-0.05, 0) is 51.2 Å². The van der Waals surface area contributed by atoms with E-state index in [2.05, 4.69) is 19.9 Å². The maximum atomic E-state index is 16.3. The van der Waals surface area contributed by atoms with Gasteiger partial charge in [-0.1, -0.05) is 11.6 Å². The Morgan fingerprint density at radius 1 is 1.15 bits per heavy atom. The third-order valence-corrected chi connectivity index (χ3v) is 6.47. The minimum absolute atomic E-state index is 0.0479. The number of fused-ring (bicyclic) bond motifs is 3. The molecule has 0 aromatic carbocycles. The molecule has 0 aliphatic carbocycles. The van der Waals surface area contributed by atoms with Gasteiger partial charge in [0.2, 0.25) is 0 Å². The number of ether oxygens (including phenoxy) is 1. The Morgan fingerprint density at radius 3 is 2.67 bits per heavy atom. The monoisotopic (exact) mass is 559 g/mol. The van der Waals surface area contributed by atoms with Crippen LogP contribution < -0.4 is 10.3 Å². The Balaban J connectivity index is 1.65. The summed E-state index contributed by atoms with van der Waals surface area (Å²) in [6, 6.07) is 3.16. The Kier molecular flexibility index (Phi) is 6.45. The van der Waals surface area contributed by atoms with Crippen molar-refractivity contribution in [2.45, 2.75) is 51.7 Å². The van der Waals surface area contributed by atoms with Crippen LogP contribution in [0.4, 0.5) is 13.2 Å². The molecule has 1 N–H and O–H groups in total. The molecule has 4 aromatic heterocycles.